The van der Waals surface area contributed by atoms with Crippen LogP contribution in [0.25, 0.3) is 5.57 Å². The number of carbonyl (C=O) groups is 1. The van der Waals surface area contributed by atoms with Crippen LogP contribution in [0.5, 0.6) is 5.88 Å². The molecule has 1 fully saturated rings. The SMILES string of the molecule is COC(=O)C1(n2c(O)c(C(Cc3ccc(Cl)cc3C(F)(F)F)=c3ccc4c(c3)C=NN=4)sc2=O)CCN(C)CC1. The molecule has 13 heteroatoms. The molecule has 1 saturated heterocycles. The molecule has 1 N–H and O–H groups in total. The summed E-state index contributed by atoms with van der Waals surface area (Å²) in [6, 6.07) is 8.48. The number of piperidine rings is 1. The highest BCUT2D eigenvalue weighted by Gasteiger charge is 2.47. The maximum atomic E-state index is 14.0. The van der Waals surface area contributed by atoms with E-state index in [-0.39, 0.29) is 40.3 Å². The molecule has 0 aliphatic carbocycles. The molecule has 0 saturated carbocycles. The molecule has 0 bridgehead atoms. The van der Waals surface area contributed by atoms with Crippen molar-refractivity contribution in [1.29, 1.82) is 0 Å². The molecular weight excluding hydrogens is 569 g/mol. The Labute approximate surface area is 235 Å². The van der Waals surface area contributed by atoms with Crippen LogP contribution in [0, 0.1) is 0 Å². The highest BCUT2D eigenvalue weighted by molar-refractivity contribution is 7.10. The molecule has 2 aromatic carbocycles. The van der Waals surface area contributed by atoms with Gasteiger partial charge in [0.1, 0.15) is 0 Å². The summed E-state index contributed by atoms with van der Waals surface area (Å²) in [4.78, 5) is 28.0. The summed E-state index contributed by atoms with van der Waals surface area (Å²) in [5.74, 6) is -1.17. The van der Waals surface area contributed by atoms with Crippen molar-refractivity contribution in [3.63, 3.8) is 0 Å². The molecule has 1 aromatic heterocycles. The lowest BCUT2D eigenvalue weighted by molar-refractivity contribution is -0.154. The smallest absolute Gasteiger partial charge is 0.416 e. The summed E-state index contributed by atoms with van der Waals surface area (Å²) in [5.41, 5.74) is -1.58. The van der Waals surface area contributed by atoms with E-state index in [0.29, 0.717) is 40.6 Å². The van der Waals surface area contributed by atoms with Gasteiger partial charge in [0.05, 0.1) is 29.1 Å². The zero-order valence-corrected chi connectivity index (χ0v) is 23.0. The minimum Gasteiger partial charge on any atom is -0.493 e. The molecule has 40 heavy (non-hydrogen) atoms. The van der Waals surface area contributed by atoms with Crippen LogP contribution >= 0.6 is 22.9 Å². The van der Waals surface area contributed by atoms with Crippen molar-refractivity contribution >= 4 is 40.7 Å². The number of hydrogen-bond donors (Lipinski definition) is 1. The number of carbonyl (C=O) groups excluding carboxylic acids is 1. The van der Waals surface area contributed by atoms with E-state index < -0.39 is 34.0 Å². The van der Waals surface area contributed by atoms with Gasteiger partial charge in [-0.05, 0) is 60.5 Å². The number of hydrogen-bond acceptors (Lipinski definition) is 8. The number of rotatable bonds is 5. The maximum absolute atomic E-state index is 14.0. The van der Waals surface area contributed by atoms with Crippen LogP contribution < -0.4 is 15.4 Å². The lowest BCUT2D eigenvalue weighted by atomic mass is 9.87. The third-order valence-corrected chi connectivity index (χ3v) is 8.58. The molecule has 5 rings (SSSR count). The van der Waals surface area contributed by atoms with Gasteiger partial charge in [0, 0.05) is 30.1 Å². The second-order valence-corrected chi connectivity index (χ2v) is 11.2. The first kappa shape index (κ1) is 28.1. The van der Waals surface area contributed by atoms with E-state index in [4.69, 9.17) is 16.3 Å². The number of fused-ring (bicyclic) bond motifs is 1. The minimum atomic E-state index is -4.70. The molecule has 2 aliphatic heterocycles. The van der Waals surface area contributed by atoms with Crippen LogP contribution in [-0.2, 0) is 27.7 Å². The zero-order chi connectivity index (χ0) is 28.8. The molecule has 0 amide bonds. The van der Waals surface area contributed by atoms with Gasteiger partial charge in [-0.25, -0.2) is 4.79 Å². The number of methoxy groups -OCH3 is 1. The van der Waals surface area contributed by atoms with Gasteiger partial charge < -0.3 is 14.7 Å². The Bertz CT molecular complexity index is 1710. The van der Waals surface area contributed by atoms with Gasteiger partial charge in [0.2, 0.25) is 5.88 Å². The molecule has 3 heterocycles. The van der Waals surface area contributed by atoms with E-state index in [1.807, 2.05) is 11.9 Å². The quantitative estimate of drug-likeness (QED) is 0.459. The highest BCUT2D eigenvalue weighted by atomic mass is 35.5. The molecule has 3 aromatic rings. The second-order valence-electron chi connectivity index (χ2n) is 9.76. The van der Waals surface area contributed by atoms with Gasteiger partial charge >= 0.3 is 17.0 Å². The predicted octanol–water partition coefficient (Wildman–Crippen LogP) is 3.29. The fourth-order valence-electron chi connectivity index (χ4n) is 5.20. The summed E-state index contributed by atoms with van der Waals surface area (Å²) in [5, 5.41) is 20.4. The molecular formula is C27H24ClF3N4O4S. The number of esters is 1. The molecule has 0 unspecified atom stereocenters. The van der Waals surface area contributed by atoms with Crippen LogP contribution in [0.15, 0.2) is 51.4 Å². The van der Waals surface area contributed by atoms with Gasteiger partial charge in [-0.2, -0.15) is 23.4 Å². The number of likely N-dealkylation sites (tertiary alicyclic amines) is 1. The molecule has 0 spiro atoms. The Morgan fingerprint density at radius 1 is 1.20 bits per heavy atom. The summed E-state index contributed by atoms with van der Waals surface area (Å²) >= 11 is 6.57. The van der Waals surface area contributed by atoms with Gasteiger partial charge in [-0.1, -0.05) is 35.1 Å². The van der Waals surface area contributed by atoms with E-state index in [0.717, 1.165) is 10.6 Å². The minimum absolute atomic E-state index is 0.0575. The van der Waals surface area contributed by atoms with Crippen LogP contribution in [0.1, 0.15) is 34.4 Å². The van der Waals surface area contributed by atoms with Crippen molar-refractivity contribution < 1.29 is 27.8 Å². The second kappa shape index (κ2) is 10.5. The summed E-state index contributed by atoms with van der Waals surface area (Å²) in [6.45, 7) is 0.937. The first-order valence-corrected chi connectivity index (χ1v) is 13.5. The van der Waals surface area contributed by atoms with Gasteiger partial charge in [-0.15, -0.1) is 0 Å². The monoisotopic (exact) mass is 592 g/mol. The standard InChI is InChI=1S/C27H24ClF3N4O4S/c1-34-9-7-26(8-10-34,24(37)39-2)35-23(36)22(40-25(35)38)19(15-4-6-21-17(11-15)14-32-33-21)12-16-3-5-18(28)13-20(16)27(29,30)31/h3-6,11,13-14,36H,7-10,12H2,1-2H3. The topological polar surface area (TPSA) is 96.5 Å². The summed E-state index contributed by atoms with van der Waals surface area (Å²) in [7, 11) is 3.09. The number of alkyl halides is 3. The largest absolute Gasteiger partial charge is 0.493 e. The Kier molecular flexibility index (Phi) is 7.36. The van der Waals surface area contributed by atoms with Crippen molar-refractivity contribution in [2.45, 2.75) is 31.0 Å². The van der Waals surface area contributed by atoms with E-state index >= 15 is 0 Å². The van der Waals surface area contributed by atoms with Crippen LogP contribution in [-0.4, -0.2) is 54.0 Å². The van der Waals surface area contributed by atoms with Crippen molar-refractivity contribution in [2.24, 2.45) is 10.2 Å². The lowest BCUT2D eigenvalue weighted by Crippen LogP contribution is -2.53. The number of benzene rings is 2. The average molecular weight is 593 g/mol. The number of halogens is 4. The molecule has 8 nitrogen and oxygen atoms in total. The fraction of sp³-hybridized carbons (Fsp3) is 0.333. The predicted molar refractivity (Wildman–Crippen MR) is 144 cm³/mol. The summed E-state index contributed by atoms with van der Waals surface area (Å²) in [6.07, 6.45) is -3.06. The normalized spacial score (nSPS) is 17.4. The van der Waals surface area contributed by atoms with E-state index in [9.17, 15) is 27.9 Å². The first-order chi connectivity index (χ1) is 18.9. The van der Waals surface area contributed by atoms with Crippen LogP contribution in [0.3, 0.4) is 0 Å². The van der Waals surface area contributed by atoms with Crippen molar-refractivity contribution in [3.05, 3.63) is 83.2 Å². The Morgan fingerprint density at radius 3 is 2.60 bits per heavy atom. The van der Waals surface area contributed by atoms with E-state index in [1.165, 1.54) is 25.5 Å². The Hall–Kier alpha value is -3.48. The first-order valence-electron chi connectivity index (χ1n) is 12.3. The number of aromatic hydroxyl groups is 1. The summed E-state index contributed by atoms with van der Waals surface area (Å²) < 4.78 is 48.1. The Balaban J connectivity index is 1.75. The zero-order valence-electron chi connectivity index (χ0n) is 21.5. The van der Waals surface area contributed by atoms with E-state index in [1.54, 1.807) is 18.2 Å². The molecule has 0 atom stereocenters. The van der Waals surface area contributed by atoms with Crippen molar-refractivity contribution in [1.82, 2.24) is 9.47 Å². The molecule has 210 valence electrons. The Morgan fingerprint density at radius 2 is 1.93 bits per heavy atom. The average Bonchev–Trinajstić information content (AvgIpc) is 3.51. The highest BCUT2D eigenvalue weighted by Crippen LogP contribution is 2.40. The molecule has 2 aliphatic rings. The molecule has 0 radical (unpaired) electrons. The van der Waals surface area contributed by atoms with Gasteiger partial charge in [0.15, 0.2) is 5.54 Å². The fourth-order valence-corrected chi connectivity index (χ4v) is 6.39. The third-order valence-electron chi connectivity index (χ3n) is 7.35. The lowest BCUT2D eigenvalue weighted by Gasteiger charge is -2.38. The van der Waals surface area contributed by atoms with Crippen molar-refractivity contribution in [3.8, 4) is 5.88 Å². The van der Waals surface area contributed by atoms with Gasteiger partial charge in [-0.3, -0.25) is 9.36 Å². The van der Waals surface area contributed by atoms with Gasteiger partial charge in [0.25, 0.3) is 0 Å². The third kappa shape index (κ3) is 4.95. The maximum Gasteiger partial charge on any atom is 0.416 e. The van der Waals surface area contributed by atoms with E-state index in [2.05, 4.69) is 10.2 Å². The number of ether oxygens (including phenoxy) is 1. The van der Waals surface area contributed by atoms with Crippen LogP contribution in [0.4, 0.5) is 13.2 Å². The number of aromatic nitrogens is 1. The van der Waals surface area contributed by atoms with Crippen LogP contribution in [0.2, 0.25) is 5.02 Å². The number of thiazole rings is 1. The number of nitrogens with zero attached hydrogens (tertiary/aromatic N) is 4. The van der Waals surface area contributed by atoms with Crippen molar-refractivity contribution in [2.75, 3.05) is 27.2 Å².